The number of pyridine rings is 1. The zero-order valence-corrected chi connectivity index (χ0v) is 11.6. The van der Waals surface area contributed by atoms with Crippen molar-refractivity contribution in [3.63, 3.8) is 0 Å². The predicted molar refractivity (Wildman–Crippen MR) is 65.7 cm³/mol. The molecular formula is C14H7IrN2O-. The molecule has 4 aromatic rings. The van der Waals surface area contributed by atoms with E-state index in [0.29, 0.717) is 0 Å². The first-order valence-corrected chi connectivity index (χ1v) is 5.37. The molecule has 0 aliphatic carbocycles. The molecule has 0 atom stereocenters. The van der Waals surface area contributed by atoms with Gasteiger partial charge in [0.1, 0.15) is 0 Å². The van der Waals surface area contributed by atoms with Gasteiger partial charge in [0.15, 0.2) is 0 Å². The van der Waals surface area contributed by atoms with Crippen LogP contribution in [0.2, 0.25) is 0 Å². The molecule has 0 aliphatic heterocycles. The predicted octanol–water partition coefficient (Wildman–Crippen LogP) is 3.33. The third-order valence-electron chi connectivity index (χ3n) is 3.03. The monoisotopic (exact) mass is 412 g/mol. The van der Waals surface area contributed by atoms with Gasteiger partial charge in [-0.15, -0.1) is 0 Å². The summed E-state index contributed by atoms with van der Waals surface area (Å²) in [7, 11) is 0. The minimum atomic E-state index is 0. The first-order valence-electron chi connectivity index (χ1n) is 5.37. The Bertz CT molecular complexity index is 784. The van der Waals surface area contributed by atoms with Crippen LogP contribution in [0.25, 0.3) is 32.6 Å². The summed E-state index contributed by atoms with van der Waals surface area (Å²) < 4.78 is 5.29. The van der Waals surface area contributed by atoms with E-state index in [0.717, 1.165) is 32.6 Å². The fraction of sp³-hybridized carbons (Fsp3) is 0. The number of aromatic nitrogens is 2. The molecule has 2 aromatic heterocycles. The number of fused-ring (bicyclic) bond motifs is 6. The van der Waals surface area contributed by atoms with Crippen molar-refractivity contribution in [1.29, 1.82) is 0 Å². The van der Waals surface area contributed by atoms with Gasteiger partial charge in [-0.2, -0.15) is 5.16 Å². The van der Waals surface area contributed by atoms with Crippen molar-refractivity contribution in [2.45, 2.75) is 0 Å². The average molecular weight is 411 g/mol. The van der Waals surface area contributed by atoms with Gasteiger partial charge in [-0.1, -0.05) is 35.7 Å². The van der Waals surface area contributed by atoms with E-state index in [1.54, 1.807) is 6.20 Å². The topological polar surface area (TPSA) is 38.9 Å². The minimum absolute atomic E-state index is 0. The Labute approximate surface area is 116 Å². The van der Waals surface area contributed by atoms with Crippen molar-refractivity contribution in [2.75, 3.05) is 0 Å². The number of rotatable bonds is 0. The Balaban J connectivity index is 0.000001000. The summed E-state index contributed by atoms with van der Waals surface area (Å²) in [4.78, 5) is 4.40. The maximum absolute atomic E-state index is 5.29. The number of hydrogen-bond acceptors (Lipinski definition) is 3. The standard InChI is InChI=1S/C14H7N2O.Ir/c1-2-5-11-9(4-1)10-6-3-7-15-13(10)12-8-16-17-14(11)12;/h1-7H;/q-1;. The Morgan fingerprint density at radius 1 is 0.944 bits per heavy atom. The second kappa shape index (κ2) is 4.16. The Morgan fingerprint density at radius 2 is 1.72 bits per heavy atom. The first kappa shape index (κ1) is 11.3. The van der Waals surface area contributed by atoms with Crippen LogP contribution >= 0.6 is 0 Å². The SMILES string of the molecule is [Ir].[c-]1noc2c1c1ncccc1c1ccccc12. The van der Waals surface area contributed by atoms with Crippen molar-refractivity contribution < 1.29 is 24.6 Å². The van der Waals surface area contributed by atoms with E-state index < -0.39 is 0 Å². The van der Waals surface area contributed by atoms with Crippen molar-refractivity contribution in [1.82, 2.24) is 10.1 Å². The molecule has 0 fully saturated rings. The Morgan fingerprint density at radius 3 is 2.61 bits per heavy atom. The van der Waals surface area contributed by atoms with Crippen LogP contribution in [0, 0.1) is 6.20 Å². The van der Waals surface area contributed by atoms with Crippen LogP contribution in [0.15, 0.2) is 47.1 Å². The summed E-state index contributed by atoms with van der Waals surface area (Å²) in [5, 5.41) is 7.90. The molecule has 0 saturated heterocycles. The summed E-state index contributed by atoms with van der Waals surface area (Å²) in [5.41, 5.74) is 1.65. The van der Waals surface area contributed by atoms with Gasteiger partial charge in [-0.05, 0) is 33.9 Å². The van der Waals surface area contributed by atoms with E-state index in [9.17, 15) is 0 Å². The second-order valence-corrected chi connectivity index (χ2v) is 3.94. The van der Waals surface area contributed by atoms with E-state index >= 15 is 0 Å². The maximum atomic E-state index is 5.29. The molecule has 89 valence electrons. The molecule has 2 aromatic carbocycles. The molecule has 3 nitrogen and oxygen atoms in total. The molecule has 0 bridgehead atoms. The van der Waals surface area contributed by atoms with Crippen LogP contribution in [0.5, 0.6) is 0 Å². The molecule has 0 unspecified atom stereocenters. The van der Waals surface area contributed by atoms with Crippen LogP contribution in [0.1, 0.15) is 0 Å². The first-order chi connectivity index (χ1) is 8.45. The molecule has 0 N–H and O–H groups in total. The van der Waals surface area contributed by atoms with E-state index in [1.807, 2.05) is 24.3 Å². The smallest absolute Gasteiger partial charge is 0.0623 e. The minimum Gasteiger partial charge on any atom is -0.430 e. The fourth-order valence-corrected chi connectivity index (χ4v) is 2.29. The van der Waals surface area contributed by atoms with Gasteiger partial charge in [-0.25, -0.2) is 0 Å². The second-order valence-electron chi connectivity index (χ2n) is 3.94. The average Bonchev–Trinajstić information content (AvgIpc) is 2.89. The maximum Gasteiger partial charge on any atom is 0.0623 e. The van der Waals surface area contributed by atoms with Crippen LogP contribution < -0.4 is 0 Å². The van der Waals surface area contributed by atoms with Gasteiger partial charge in [0.25, 0.3) is 0 Å². The van der Waals surface area contributed by atoms with E-state index in [2.05, 4.69) is 28.5 Å². The summed E-state index contributed by atoms with van der Waals surface area (Å²) in [6.45, 7) is 0. The summed E-state index contributed by atoms with van der Waals surface area (Å²) >= 11 is 0. The Kier molecular flexibility index (Phi) is 2.62. The van der Waals surface area contributed by atoms with Crippen LogP contribution in [0.4, 0.5) is 0 Å². The Hall–Kier alpha value is -1.77. The van der Waals surface area contributed by atoms with Crippen LogP contribution in [-0.4, -0.2) is 10.1 Å². The third-order valence-corrected chi connectivity index (χ3v) is 3.03. The van der Waals surface area contributed by atoms with E-state index in [1.165, 1.54) is 0 Å². The summed E-state index contributed by atoms with van der Waals surface area (Å²) in [5.74, 6) is 0. The zero-order valence-electron chi connectivity index (χ0n) is 9.18. The number of hydrogen-bond donors (Lipinski definition) is 0. The fourth-order valence-electron chi connectivity index (χ4n) is 2.29. The van der Waals surface area contributed by atoms with Crippen LogP contribution in [-0.2, 0) is 20.1 Å². The van der Waals surface area contributed by atoms with Gasteiger partial charge in [0.05, 0.1) is 5.58 Å². The molecule has 0 spiro atoms. The zero-order chi connectivity index (χ0) is 11.2. The molecule has 4 rings (SSSR count). The molecule has 0 saturated carbocycles. The quantitative estimate of drug-likeness (QED) is 0.329. The molecule has 18 heavy (non-hydrogen) atoms. The van der Waals surface area contributed by atoms with Gasteiger partial charge in [0, 0.05) is 26.3 Å². The van der Waals surface area contributed by atoms with Crippen molar-refractivity contribution in [2.24, 2.45) is 0 Å². The van der Waals surface area contributed by atoms with Gasteiger partial charge in [-0.3, -0.25) is 0 Å². The largest absolute Gasteiger partial charge is 0.430 e. The summed E-state index contributed by atoms with van der Waals surface area (Å²) in [6.07, 6.45) is 4.65. The van der Waals surface area contributed by atoms with Crippen LogP contribution in [0.3, 0.4) is 0 Å². The molecular weight excluding hydrogens is 404 g/mol. The molecule has 0 amide bonds. The van der Waals surface area contributed by atoms with Crippen molar-refractivity contribution >= 4 is 32.6 Å². The number of nitrogens with zero attached hydrogens (tertiary/aromatic N) is 2. The van der Waals surface area contributed by atoms with Crippen molar-refractivity contribution in [3.8, 4) is 0 Å². The molecule has 2 heterocycles. The van der Waals surface area contributed by atoms with Gasteiger partial charge >= 0.3 is 0 Å². The van der Waals surface area contributed by atoms with E-state index in [-0.39, 0.29) is 20.1 Å². The normalized spacial score (nSPS) is 10.9. The number of benzene rings is 2. The van der Waals surface area contributed by atoms with Crippen molar-refractivity contribution in [3.05, 3.63) is 48.8 Å². The molecule has 0 aliphatic rings. The van der Waals surface area contributed by atoms with E-state index in [4.69, 9.17) is 4.52 Å². The van der Waals surface area contributed by atoms with Gasteiger partial charge in [0.2, 0.25) is 0 Å². The third kappa shape index (κ3) is 1.40. The molecule has 1 radical (unpaired) electrons. The molecule has 4 heteroatoms. The van der Waals surface area contributed by atoms with Gasteiger partial charge < -0.3 is 9.51 Å². The summed E-state index contributed by atoms with van der Waals surface area (Å²) in [6, 6.07) is 12.1.